The number of aromatic nitrogens is 2. The first-order valence-corrected chi connectivity index (χ1v) is 7.33. The van der Waals surface area contributed by atoms with Crippen molar-refractivity contribution < 1.29 is 4.79 Å². The van der Waals surface area contributed by atoms with Gasteiger partial charge in [-0.05, 0) is 25.5 Å². The van der Waals surface area contributed by atoms with Gasteiger partial charge >= 0.3 is 0 Å². The zero-order chi connectivity index (χ0) is 16.7. The summed E-state index contributed by atoms with van der Waals surface area (Å²) < 4.78 is 1.53. The van der Waals surface area contributed by atoms with Crippen LogP contribution < -0.4 is 16.6 Å². The topological polar surface area (TPSA) is 90.0 Å². The van der Waals surface area contributed by atoms with E-state index in [2.05, 4.69) is 17.2 Å². The molecule has 6 heteroatoms. The Balaban J connectivity index is 0.000000261. The molecule has 0 aliphatic carbocycles. The minimum Gasteiger partial charge on any atom is -0.397 e. The first-order valence-electron chi connectivity index (χ1n) is 7.33. The molecule has 120 valence electrons. The fourth-order valence-electron chi connectivity index (χ4n) is 2.00. The zero-order valence-electron chi connectivity index (χ0n) is 13.6. The molecule has 0 fully saturated rings. The summed E-state index contributed by atoms with van der Waals surface area (Å²) in [5, 5.41) is 3.45. The van der Waals surface area contributed by atoms with Crippen molar-refractivity contribution in [3.05, 3.63) is 34.2 Å². The van der Waals surface area contributed by atoms with E-state index in [1.165, 1.54) is 4.57 Å². The van der Waals surface area contributed by atoms with Gasteiger partial charge in [-0.15, -0.1) is 0 Å². The number of carbonyl (C=O) groups excluding carboxylic acids is 1. The highest BCUT2D eigenvalue weighted by Crippen LogP contribution is 2.13. The van der Waals surface area contributed by atoms with Crippen molar-refractivity contribution in [2.24, 2.45) is 7.05 Å². The van der Waals surface area contributed by atoms with Gasteiger partial charge in [-0.25, -0.2) is 4.98 Å². The Morgan fingerprint density at radius 2 is 2.09 bits per heavy atom. The van der Waals surface area contributed by atoms with Crippen LogP contribution in [0.5, 0.6) is 0 Å². The molecule has 0 aromatic carbocycles. The molecule has 0 unspecified atom stereocenters. The molecule has 3 N–H and O–H groups in total. The third kappa shape index (κ3) is 4.58. The number of pyridine rings is 2. The number of nitrogens with zero attached hydrogens (tertiary/aromatic N) is 2. The summed E-state index contributed by atoms with van der Waals surface area (Å²) in [7, 11) is 3.37. The average Bonchev–Trinajstić information content (AvgIpc) is 2.50. The quantitative estimate of drug-likeness (QED) is 0.904. The Morgan fingerprint density at radius 3 is 2.68 bits per heavy atom. The highest BCUT2D eigenvalue weighted by molar-refractivity contribution is 5.78. The number of aryl methyl sites for hydroxylation is 2. The normalized spacial score (nSPS) is 10.0. The van der Waals surface area contributed by atoms with Gasteiger partial charge in [-0.2, -0.15) is 0 Å². The molecule has 0 saturated heterocycles. The average molecular weight is 304 g/mol. The molecule has 0 atom stereocenters. The summed E-state index contributed by atoms with van der Waals surface area (Å²) in [4.78, 5) is 26.1. The molecule has 0 radical (unpaired) electrons. The minimum atomic E-state index is -0.0187. The Hall–Kier alpha value is -2.37. The Bertz CT molecular complexity index is 707. The second-order valence-electron chi connectivity index (χ2n) is 5.15. The molecule has 22 heavy (non-hydrogen) atoms. The van der Waals surface area contributed by atoms with Gasteiger partial charge in [-0.1, -0.05) is 13.3 Å². The van der Waals surface area contributed by atoms with E-state index in [-0.39, 0.29) is 11.5 Å². The van der Waals surface area contributed by atoms with Gasteiger partial charge in [0, 0.05) is 31.5 Å². The van der Waals surface area contributed by atoms with Gasteiger partial charge in [0.2, 0.25) is 5.91 Å². The van der Waals surface area contributed by atoms with Gasteiger partial charge < -0.3 is 11.1 Å². The molecule has 0 spiro atoms. The standard InChI is InChI=1S/C10H11N3O.C6H13NO/c1-6-3-7-4-8(11)5-12-9(7)13(2)10(6)14;1-3-4-5-6(8)7-2/h3-5H,11H2,1-2H3;3-5H2,1-2H3,(H,7,8). The van der Waals surface area contributed by atoms with E-state index >= 15 is 0 Å². The largest absolute Gasteiger partial charge is 0.397 e. The van der Waals surface area contributed by atoms with Crippen LogP contribution in [-0.4, -0.2) is 22.5 Å². The second kappa shape index (κ2) is 8.17. The first-order chi connectivity index (χ1) is 10.4. The summed E-state index contributed by atoms with van der Waals surface area (Å²) in [5.74, 6) is 0.145. The lowest BCUT2D eigenvalue weighted by Gasteiger charge is -2.05. The van der Waals surface area contributed by atoms with E-state index in [1.54, 1.807) is 33.3 Å². The van der Waals surface area contributed by atoms with Crippen LogP contribution in [-0.2, 0) is 11.8 Å². The summed E-state index contributed by atoms with van der Waals surface area (Å²) in [6.07, 6.45) is 4.32. The molecule has 0 aliphatic heterocycles. The second-order valence-corrected chi connectivity index (χ2v) is 5.15. The van der Waals surface area contributed by atoms with Crippen LogP contribution in [0.3, 0.4) is 0 Å². The lowest BCUT2D eigenvalue weighted by Crippen LogP contribution is -2.19. The number of nitrogens with two attached hydrogens (primary N) is 1. The van der Waals surface area contributed by atoms with Gasteiger partial charge in [0.1, 0.15) is 5.65 Å². The fourth-order valence-corrected chi connectivity index (χ4v) is 2.00. The predicted molar refractivity (Wildman–Crippen MR) is 89.7 cm³/mol. The minimum absolute atomic E-state index is 0.0187. The Kier molecular flexibility index (Phi) is 6.56. The summed E-state index contributed by atoms with van der Waals surface area (Å²) in [6.45, 7) is 3.86. The lowest BCUT2D eigenvalue weighted by atomic mass is 10.2. The number of nitrogens with one attached hydrogen (secondary N) is 1. The van der Waals surface area contributed by atoms with Crippen molar-refractivity contribution in [2.45, 2.75) is 33.1 Å². The number of nitrogen functional groups attached to an aromatic ring is 1. The Morgan fingerprint density at radius 1 is 1.41 bits per heavy atom. The van der Waals surface area contributed by atoms with E-state index in [1.807, 2.05) is 6.07 Å². The van der Waals surface area contributed by atoms with Gasteiger partial charge in [0.05, 0.1) is 11.9 Å². The maximum atomic E-state index is 11.6. The Labute approximate surface area is 130 Å². The van der Waals surface area contributed by atoms with Crippen LogP contribution in [0, 0.1) is 6.92 Å². The highest BCUT2D eigenvalue weighted by atomic mass is 16.1. The van der Waals surface area contributed by atoms with E-state index in [9.17, 15) is 9.59 Å². The van der Waals surface area contributed by atoms with Gasteiger partial charge in [-0.3, -0.25) is 14.2 Å². The van der Waals surface area contributed by atoms with Crippen molar-refractivity contribution in [1.82, 2.24) is 14.9 Å². The first kappa shape index (κ1) is 17.7. The number of hydrogen-bond acceptors (Lipinski definition) is 4. The van der Waals surface area contributed by atoms with Crippen LogP contribution in [0.4, 0.5) is 5.69 Å². The molecular weight excluding hydrogens is 280 g/mol. The van der Waals surface area contributed by atoms with Crippen LogP contribution in [0.25, 0.3) is 11.0 Å². The molecule has 2 heterocycles. The zero-order valence-corrected chi connectivity index (χ0v) is 13.6. The molecule has 2 aromatic heterocycles. The number of hydrogen-bond donors (Lipinski definition) is 2. The number of fused-ring (bicyclic) bond motifs is 1. The van der Waals surface area contributed by atoms with Gasteiger partial charge in [0.15, 0.2) is 0 Å². The number of unbranched alkanes of at least 4 members (excludes halogenated alkanes) is 1. The smallest absolute Gasteiger partial charge is 0.254 e. The summed E-state index contributed by atoms with van der Waals surface area (Å²) >= 11 is 0. The van der Waals surface area contributed by atoms with E-state index in [0.29, 0.717) is 23.3 Å². The summed E-state index contributed by atoms with van der Waals surface area (Å²) in [6, 6.07) is 3.62. The van der Waals surface area contributed by atoms with Crippen LogP contribution >= 0.6 is 0 Å². The van der Waals surface area contributed by atoms with Gasteiger partial charge in [0.25, 0.3) is 5.56 Å². The fraction of sp³-hybridized carbons (Fsp3) is 0.438. The molecule has 0 bridgehead atoms. The van der Waals surface area contributed by atoms with Crippen molar-refractivity contribution in [2.75, 3.05) is 12.8 Å². The van der Waals surface area contributed by atoms with E-state index in [4.69, 9.17) is 5.73 Å². The monoisotopic (exact) mass is 304 g/mol. The SMILES string of the molecule is CCCCC(=O)NC.Cc1cc2cc(N)cnc2n(C)c1=O. The number of carbonyl (C=O) groups is 1. The third-order valence-electron chi connectivity index (χ3n) is 3.28. The van der Waals surface area contributed by atoms with Crippen molar-refractivity contribution in [3.8, 4) is 0 Å². The molecule has 6 nitrogen and oxygen atoms in total. The number of rotatable bonds is 3. The molecule has 0 saturated carbocycles. The predicted octanol–water partition coefficient (Wildman–Crippen LogP) is 1.75. The van der Waals surface area contributed by atoms with E-state index in [0.717, 1.165) is 18.2 Å². The molecular formula is C16H24N4O2. The third-order valence-corrected chi connectivity index (χ3v) is 3.28. The van der Waals surface area contributed by atoms with E-state index < -0.39 is 0 Å². The molecule has 2 rings (SSSR count). The lowest BCUT2D eigenvalue weighted by molar-refractivity contribution is -0.120. The molecule has 1 amide bonds. The maximum Gasteiger partial charge on any atom is 0.254 e. The van der Waals surface area contributed by atoms with Crippen LogP contribution in [0.15, 0.2) is 23.1 Å². The van der Waals surface area contributed by atoms with Crippen LogP contribution in [0.2, 0.25) is 0 Å². The molecule has 2 aromatic rings. The van der Waals surface area contributed by atoms with Crippen LogP contribution in [0.1, 0.15) is 31.7 Å². The summed E-state index contributed by atoms with van der Waals surface area (Å²) in [5.41, 5.74) is 7.56. The molecule has 0 aliphatic rings. The maximum absolute atomic E-state index is 11.6. The number of amides is 1. The highest BCUT2D eigenvalue weighted by Gasteiger charge is 2.03. The van der Waals surface area contributed by atoms with Crippen molar-refractivity contribution in [1.29, 1.82) is 0 Å². The number of anilines is 1. The van der Waals surface area contributed by atoms with Crippen molar-refractivity contribution in [3.63, 3.8) is 0 Å². The van der Waals surface area contributed by atoms with Crippen molar-refractivity contribution >= 4 is 22.6 Å².